The highest BCUT2D eigenvalue weighted by Crippen LogP contribution is 2.47. The Hall–Kier alpha value is 0.140. The monoisotopic (exact) mass is 276 g/mol. The lowest BCUT2D eigenvalue weighted by molar-refractivity contribution is -0.115. The molecule has 0 amide bonds. The van der Waals surface area contributed by atoms with Crippen molar-refractivity contribution in [3.63, 3.8) is 0 Å². The Morgan fingerprint density at radius 3 is 2.50 bits per heavy atom. The maximum Gasteiger partial charge on any atom is 0.168 e. The lowest BCUT2D eigenvalue weighted by atomic mass is 9.77. The number of ketones is 1. The van der Waals surface area contributed by atoms with E-state index in [0.717, 1.165) is 16.4 Å². The molecule has 2 aliphatic rings. The minimum atomic E-state index is 0.355. The molecule has 0 aromatic rings. The zero-order valence-electron chi connectivity index (χ0n) is 7.11. The Morgan fingerprint density at radius 2 is 1.92 bits per heavy atom. The molecule has 2 aliphatic carbocycles. The van der Waals surface area contributed by atoms with Gasteiger partial charge in [0.2, 0.25) is 0 Å². The molecule has 0 unspecified atom stereocenters. The van der Waals surface area contributed by atoms with Crippen LogP contribution in [0.15, 0.2) is 9.66 Å². The Morgan fingerprint density at radius 1 is 1.25 bits per heavy atom. The first-order valence-corrected chi connectivity index (χ1v) is 5.71. The van der Waals surface area contributed by atoms with Crippen LogP contribution in [0.1, 0.15) is 38.5 Å². The van der Waals surface area contributed by atoms with Crippen molar-refractivity contribution in [2.24, 2.45) is 5.41 Å². The molecular formula is C10H13IO. The van der Waals surface area contributed by atoms with Crippen molar-refractivity contribution < 1.29 is 4.79 Å². The van der Waals surface area contributed by atoms with Gasteiger partial charge in [0, 0.05) is 6.42 Å². The van der Waals surface area contributed by atoms with E-state index in [2.05, 4.69) is 28.7 Å². The van der Waals surface area contributed by atoms with Gasteiger partial charge < -0.3 is 0 Å². The number of Topliss-reactive ketones (excluding diaryl/α,β-unsaturated/α-hetero) is 1. The van der Waals surface area contributed by atoms with Crippen molar-refractivity contribution in [1.82, 2.24) is 0 Å². The molecule has 0 saturated heterocycles. The van der Waals surface area contributed by atoms with Gasteiger partial charge in [0.15, 0.2) is 5.78 Å². The quantitative estimate of drug-likeness (QED) is 0.621. The number of allylic oxidation sites excluding steroid dienone is 2. The maximum atomic E-state index is 11.3. The first kappa shape index (κ1) is 8.73. The van der Waals surface area contributed by atoms with E-state index < -0.39 is 0 Å². The highest BCUT2D eigenvalue weighted by atomic mass is 127. The molecule has 0 bridgehead atoms. The number of rotatable bonds is 0. The summed E-state index contributed by atoms with van der Waals surface area (Å²) < 4.78 is 0.987. The van der Waals surface area contributed by atoms with E-state index in [1.54, 1.807) is 0 Å². The van der Waals surface area contributed by atoms with E-state index >= 15 is 0 Å². The average molecular weight is 276 g/mol. The lowest BCUT2D eigenvalue weighted by Gasteiger charge is -2.28. The first-order chi connectivity index (χ1) is 5.72. The molecule has 0 heterocycles. The number of hydrogen-bond acceptors (Lipinski definition) is 1. The molecule has 2 heteroatoms. The molecule has 1 nitrogen and oxygen atoms in total. The van der Waals surface area contributed by atoms with Gasteiger partial charge in [-0.05, 0) is 47.3 Å². The molecule has 12 heavy (non-hydrogen) atoms. The van der Waals surface area contributed by atoms with Crippen LogP contribution in [0.5, 0.6) is 0 Å². The van der Waals surface area contributed by atoms with Gasteiger partial charge in [-0.2, -0.15) is 0 Å². The molecule has 0 atom stereocenters. The number of carbonyl (C=O) groups is 1. The third-order valence-electron chi connectivity index (χ3n) is 3.15. The minimum absolute atomic E-state index is 0.355. The highest BCUT2D eigenvalue weighted by Gasteiger charge is 2.35. The second-order valence-electron chi connectivity index (χ2n) is 3.98. The minimum Gasteiger partial charge on any atom is -0.294 e. The fourth-order valence-corrected chi connectivity index (χ4v) is 3.31. The topological polar surface area (TPSA) is 17.1 Å². The summed E-state index contributed by atoms with van der Waals surface area (Å²) in [7, 11) is 0. The van der Waals surface area contributed by atoms with Gasteiger partial charge in [-0.15, -0.1) is 0 Å². The Bertz CT molecular complexity index is 236. The third kappa shape index (κ3) is 1.45. The SMILES string of the molecule is O=C1CCC2(C=C1I)CCCC2. The van der Waals surface area contributed by atoms with Crippen LogP contribution in [0.4, 0.5) is 0 Å². The summed E-state index contributed by atoms with van der Waals surface area (Å²) in [6, 6.07) is 0. The molecule has 0 aromatic carbocycles. The van der Waals surface area contributed by atoms with Crippen molar-refractivity contribution in [2.75, 3.05) is 0 Å². The summed E-state index contributed by atoms with van der Waals surface area (Å²) in [6.07, 6.45) is 9.47. The van der Waals surface area contributed by atoms with Crippen LogP contribution < -0.4 is 0 Å². The van der Waals surface area contributed by atoms with Gasteiger partial charge in [0.1, 0.15) is 0 Å². The maximum absolute atomic E-state index is 11.3. The van der Waals surface area contributed by atoms with Crippen molar-refractivity contribution in [2.45, 2.75) is 38.5 Å². The van der Waals surface area contributed by atoms with Crippen LogP contribution in [0.3, 0.4) is 0 Å². The first-order valence-electron chi connectivity index (χ1n) is 4.63. The highest BCUT2D eigenvalue weighted by molar-refractivity contribution is 14.1. The van der Waals surface area contributed by atoms with Crippen LogP contribution in [0.2, 0.25) is 0 Å². The van der Waals surface area contributed by atoms with Gasteiger partial charge in [-0.3, -0.25) is 4.79 Å². The second-order valence-corrected chi connectivity index (χ2v) is 5.15. The molecule has 1 saturated carbocycles. The van der Waals surface area contributed by atoms with Gasteiger partial charge in [0.05, 0.1) is 3.58 Å². The summed E-state index contributed by atoms with van der Waals surface area (Å²) in [5, 5.41) is 0. The molecule has 1 fully saturated rings. The van der Waals surface area contributed by atoms with Gasteiger partial charge in [-0.1, -0.05) is 18.9 Å². The van der Waals surface area contributed by atoms with E-state index in [4.69, 9.17) is 0 Å². The normalized spacial score (nSPS) is 27.8. The van der Waals surface area contributed by atoms with Crippen molar-refractivity contribution in [3.05, 3.63) is 9.66 Å². The van der Waals surface area contributed by atoms with Gasteiger partial charge >= 0.3 is 0 Å². The van der Waals surface area contributed by atoms with E-state index in [1.807, 2.05) is 0 Å². The zero-order chi connectivity index (χ0) is 8.60. The van der Waals surface area contributed by atoms with Crippen molar-refractivity contribution >= 4 is 28.4 Å². The largest absolute Gasteiger partial charge is 0.294 e. The molecule has 0 N–H and O–H groups in total. The van der Waals surface area contributed by atoms with Crippen LogP contribution in [-0.2, 0) is 4.79 Å². The van der Waals surface area contributed by atoms with Gasteiger partial charge in [-0.25, -0.2) is 0 Å². The smallest absolute Gasteiger partial charge is 0.168 e. The Labute approximate surface area is 86.7 Å². The fraction of sp³-hybridized carbons (Fsp3) is 0.700. The van der Waals surface area contributed by atoms with Crippen LogP contribution in [0.25, 0.3) is 0 Å². The van der Waals surface area contributed by atoms with Crippen molar-refractivity contribution in [1.29, 1.82) is 0 Å². The molecule has 1 spiro atoms. The van der Waals surface area contributed by atoms with E-state index in [1.165, 1.54) is 25.7 Å². The van der Waals surface area contributed by atoms with Crippen LogP contribution in [-0.4, -0.2) is 5.78 Å². The molecule has 0 aliphatic heterocycles. The van der Waals surface area contributed by atoms with E-state index in [0.29, 0.717) is 11.2 Å². The number of halogens is 1. The summed E-state index contributed by atoms with van der Waals surface area (Å²) in [5.41, 5.74) is 0.435. The van der Waals surface area contributed by atoms with Crippen LogP contribution in [0, 0.1) is 5.41 Å². The second kappa shape index (κ2) is 3.13. The summed E-state index contributed by atoms with van der Waals surface area (Å²) in [5.74, 6) is 0.355. The number of carbonyl (C=O) groups excluding carboxylic acids is 1. The van der Waals surface area contributed by atoms with Gasteiger partial charge in [0.25, 0.3) is 0 Å². The van der Waals surface area contributed by atoms with Crippen LogP contribution >= 0.6 is 22.6 Å². The molecular weight excluding hydrogens is 263 g/mol. The van der Waals surface area contributed by atoms with Crippen molar-refractivity contribution in [3.8, 4) is 0 Å². The standard InChI is InChI=1S/C10H13IO/c11-8-7-10(4-1-2-5-10)6-3-9(8)12/h7H,1-6H2. The molecule has 0 aromatic heterocycles. The lowest BCUT2D eigenvalue weighted by Crippen LogP contribution is -2.21. The summed E-state index contributed by atoms with van der Waals surface area (Å²) in [6.45, 7) is 0. The molecule has 0 radical (unpaired) electrons. The molecule has 2 rings (SSSR count). The Balaban J connectivity index is 2.24. The fourth-order valence-electron chi connectivity index (χ4n) is 2.38. The Kier molecular flexibility index (Phi) is 2.27. The average Bonchev–Trinajstić information content (AvgIpc) is 2.47. The molecule has 66 valence electrons. The predicted octanol–water partition coefficient (Wildman–Crippen LogP) is 3.23. The third-order valence-corrected chi connectivity index (χ3v) is 4.06. The summed E-state index contributed by atoms with van der Waals surface area (Å²) >= 11 is 2.19. The van der Waals surface area contributed by atoms with E-state index in [-0.39, 0.29) is 0 Å². The zero-order valence-corrected chi connectivity index (χ0v) is 9.26. The van der Waals surface area contributed by atoms with E-state index in [9.17, 15) is 4.79 Å². The summed E-state index contributed by atoms with van der Waals surface area (Å²) in [4.78, 5) is 11.3. The predicted molar refractivity (Wildman–Crippen MR) is 57.2 cm³/mol. The number of hydrogen-bond donors (Lipinski definition) is 0.